The van der Waals surface area contributed by atoms with Crippen molar-refractivity contribution in [1.29, 1.82) is 0 Å². The fraction of sp³-hybridized carbons (Fsp3) is 0.462. The fourth-order valence-electron chi connectivity index (χ4n) is 1.94. The molecular formula is C13H16ClNO2. The number of carbonyl (C=O) groups is 1. The zero-order chi connectivity index (χ0) is 12.1. The zero-order valence-electron chi connectivity index (χ0n) is 9.69. The molecule has 0 atom stereocenters. The number of ether oxygens (including phenoxy) is 1. The summed E-state index contributed by atoms with van der Waals surface area (Å²) in [6.07, 6.45) is 3.14. The van der Waals surface area contributed by atoms with E-state index in [1.807, 2.05) is 18.2 Å². The molecule has 1 aromatic carbocycles. The average Bonchev–Trinajstić information content (AvgIpc) is 2.37. The molecule has 0 saturated carbocycles. The molecule has 0 bridgehead atoms. The van der Waals surface area contributed by atoms with Crippen LogP contribution in [-0.4, -0.2) is 24.1 Å². The van der Waals surface area contributed by atoms with Crippen LogP contribution in [0.15, 0.2) is 24.3 Å². The molecular weight excluding hydrogens is 238 g/mol. The number of hydrogen-bond donors (Lipinski definition) is 0. The van der Waals surface area contributed by atoms with Crippen molar-refractivity contribution in [3.8, 4) is 0 Å². The molecule has 0 unspecified atom stereocenters. The van der Waals surface area contributed by atoms with Crippen LogP contribution in [0, 0.1) is 0 Å². The molecule has 1 amide bonds. The summed E-state index contributed by atoms with van der Waals surface area (Å²) in [7, 11) is 0. The molecule has 1 heterocycles. The van der Waals surface area contributed by atoms with E-state index < -0.39 is 0 Å². The minimum atomic E-state index is -0.218. The number of amides is 1. The van der Waals surface area contributed by atoms with E-state index in [1.165, 1.54) is 6.42 Å². The molecule has 1 saturated heterocycles. The summed E-state index contributed by atoms with van der Waals surface area (Å²) in [6, 6.07) is 7.37. The van der Waals surface area contributed by atoms with Crippen LogP contribution in [0.5, 0.6) is 0 Å². The highest BCUT2D eigenvalue weighted by Gasteiger charge is 2.17. The highest BCUT2D eigenvalue weighted by Crippen LogP contribution is 2.13. The number of nitrogens with zero attached hydrogens (tertiary/aromatic N) is 1. The van der Waals surface area contributed by atoms with E-state index in [2.05, 4.69) is 0 Å². The number of carbonyl (C=O) groups excluding carboxylic acids is 1. The molecule has 0 spiro atoms. The number of hydrogen-bond acceptors (Lipinski definition) is 2. The Hall–Kier alpha value is -1.22. The molecule has 1 aliphatic rings. The first-order valence-electron chi connectivity index (χ1n) is 5.92. The van der Waals surface area contributed by atoms with Gasteiger partial charge in [0.1, 0.15) is 6.61 Å². The van der Waals surface area contributed by atoms with E-state index in [1.54, 1.807) is 11.0 Å². The number of piperidine rings is 1. The molecule has 0 aromatic heterocycles. The van der Waals surface area contributed by atoms with Gasteiger partial charge in [0.05, 0.1) is 0 Å². The van der Waals surface area contributed by atoms with Crippen LogP contribution in [0.3, 0.4) is 0 Å². The Morgan fingerprint density at radius 1 is 1.29 bits per heavy atom. The Balaban J connectivity index is 1.83. The van der Waals surface area contributed by atoms with Gasteiger partial charge in [-0.3, -0.25) is 0 Å². The van der Waals surface area contributed by atoms with Gasteiger partial charge in [-0.2, -0.15) is 0 Å². The summed E-state index contributed by atoms with van der Waals surface area (Å²) in [5.74, 6) is 0. The van der Waals surface area contributed by atoms with Crippen LogP contribution in [0.2, 0.25) is 5.02 Å². The lowest BCUT2D eigenvalue weighted by atomic mass is 10.1. The van der Waals surface area contributed by atoms with Gasteiger partial charge in [0.2, 0.25) is 0 Å². The second kappa shape index (κ2) is 5.92. The van der Waals surface area contributed by atoms with Crippen LogP contribution in [0.25, 0.3) is 0 Å². The molecule has 92 valence electrons. The Kier molecular flexibility index (Phi) is 4.26. The summed E-state index contributed by atoms with van der Waals surface area (Å²) >= 11 is 5.86. The van der Waals surface area contributed by atoms with Crippen LogP contribution in [0.1, 0.15) is 24.8 Å². The Morgan fingerprint density at radius 2 is 2.06 bits per heavy atom. The first-order valence-corrected chi connectivity index (χ1v) is 6.29. The van der Waals surface area contributed by atoms with E-state index in [0.29, 0.717) is 5.02 Å². The van der Waals surface area contributed by atoms with E-state index in [0.717, 1.165) is 31.5 Å². The van der Waals surface area contributed by atoms with Gasteiger partial charge in [-0.1, -0.05) is 23.7 Å². The van der Waals surface area contributed by atoms with Crippen LogP contribution in [-0.2, 0) is 11.3 Å². The maximum atomic E-state index is 11.7. The van der Waals surface area contributed by atoms with Gasteiger partial charge in [-0.25, -0.2) is 4.79 Å². The zero-order valence-corrected chi connectivity index (χ0v) is 10.4. The predicted octanol–water partition coefficient (Wildman–Crippen LogP) is 3.46. The minimum Gasteiger partial charge on any atom is -0.445 e. The third-order valence-electron chi connectivity index (χ3n) is 2.87. The topological polar surface area (TPSA) is 29.5 Å². The van der Waals surface area contributed by atoms with Crippen LogP contribution >= 0.6 is 11.6 Å². The van der Waals surface area contributed by atoms with Crippen molar-refractivity contribution >= 4 is 17.7 Å². The lowest BCUT2D eigenvalue weighted by Crippen LogP contribution is -2.35. The molecule has 0 radical (unpaired) electrons. The molecule has 1 aromatic rings. The van der Waals surface area contributed by atoms with E-state index in [9.17, 15) is 4.79 Å². The maximum Gasteiger partial charge on any atom is 0.410 e. The molecule has 2 rings (SSSR count). The molecule has 3 nitrogen and oxygen atoms in total. The van der Waals surface area contributed by atoms with Gasteiger partial charge in [-0.15, -0.1) is 0 Å². The summed E-state index contributed by atoms with van der Waals surface area (Å²) in [6.45, 7) is 1.92. The SMILES string of the molecule is O=C(OCc1cccc(Cl)c1)N1CCCCC1. The Morgan fingerprint density at radius 3 is 2.76 bits per heavy atom. The Labute approximate surface area is 106 Å². The largest absolute Gasteiger partial charge is 0.445 e. The number of benzene rings is 1. The molecule has 1 fully saturated rings. The van der Waals surface area contributed by atoms with E-state index in [-0.39, 0.29) is 12.7 Å². The first-order chi connectivity index (χ1) is 8.25. The fourth-order valence-corrected chi connectivity index (χ4v) is 2.15. The van der Waals surface area contributed by atoms with Gasteiger partial charge >= 0.3 is 6.09 Å². The summed E-state index contributed by atoms with van der Waals surface area (Å²) in [5.41, 5.74) is 0.919. The van der Waals surface area contributed by atoms with Gasteiger partial charge in [0.15, 0.2) is 0 Å². The lowest BCUT2D eigenvalue weighted by Gasteiger charge is -2.25. The number of likely N-dealkylation sites (tertiary alicyclic amines) is 1. The van der Waals surface area contributed by atoms with Gasteiger partial charge in [-0.05, 0) is 37.0 Å². The molecule has 0 N–H and O–H groups in total. The second-order valence-electron chi connectivity index (χ2n) is 4.23. The molecule has 4 heteroatoms. The highest BCUT2D eigenvalue weighted by molar-refractivity contribution is 6.30. The summed E-state index contributed by atoms with van der Waals surface area (Å²) in [4.78, 5) is 13.5. The van der Waals surface area contributed by atoms with Gasteiger partial charge < -0.3 is 9.64 Å². The van der Waals surface area contributed by atoms with Crippen molar-refractivity contribution in [1.82, 2.24) is 4.90 Å². The van der Waals surface area contributed by atoms with Crippen LogP contribution in [0.4, 0.5) is 4.79 Å². The van der Waals surface area contributed by atoms with E-state index >= 15 is 0 Å². The average molecular weight is 254 g/mol. The number of halogens is 1. The second-order valence-corrected chi connectivity index (χ2v) is 4.67. The van der Waals surface area contributed by atoms with Crippen molar-refractivity contribution in [3.63, 3.8) is 0 Å². The predicted molar refractivity (Wildman–Crippen MR) is 67.1 cm³/mol. The van der Waals surface area contributed by atoms with Crippen molar-refractivity contribution in [2.45, 2.75) is 25.9 Å². The maximum absolute atomic E-state index is 11.7. The molecule has 0 aliphatic carbocycles. The summed E-state index contributed by atoms with van der Waals surface area (Å²) < 4.78 is 5.25. The lowest BCUT2D eigenvalue weighted by molar-refractivity contribution is 0.0894. The summed E-state index contributed by atoms with van der Waals surface area (Å²) in [5, 5.41) is 0.663. The quantitative estimate of drug-likeness (QED) is 0.808. The third-order valence-corrected chi connectivity index (χ3v) is 3.10. The van der Waals surface area contributed by atoms with Crippen LogP contribution < -0.4 is 0 Å². The van der Waals surface area contributed by atoms with Crippen molar-refractivity contribution in [2.75, 3.05) is 13.1 Å². The normalized spacial score (nSPS) is 15.7. The Bertz CT molecular complexity index is 389. The molecule has 17 heavy (non-hydrogen) atoms. The number of rotatable bonds is 2. The molecule has 1 aliphatic heterocycles. The van der Waals surface area contributed by atoms with Crippen molar-refractivity contribution < 1.29 is 9.53 Å². The monoisotopic (exact) mass is 253 g/mol. The smallest absolute Gasteiger partial charge is 0.410 e. The van der Waals surface area contributed by atoms with Gasteiger partial charge in [0, 0.05) is 18.1 Å². The minimum absolute atomic E-state index is 0.218. The van der Waals surface area contributed by atoms with Crippen molar-refractivity contribution in [2.24, 2.45) is 0 Å². The standard InChI is InChI=1S/C13H16ClNO2/c14-12-6-4-5-11(9-12)10-17-13(16)15-7-2-1-3-8-15/h4-6,9H,1-3,7-8,10H2. The van der Waals surface area contributed by atoms with E-state index in [4.69, 9.17) is 16.3 Å². The van der Waals surface area contributed by atoms with Crippen molar-refractivity contribution in [3.05, 3.63) is 34.9 Å². The third kappa shape index (κ3) is 3.63. The highest BCUT2D eigenvalue weighted by atomic mass is 35.5. The van der Waals surface area contributed by atoms with Gasteiger partial charge in [0.25, 0.3) is 0 Å². The first kappa shape index (κ1) is 12.2.